The number of aromatic nitrogens is 1. The molecule has 0 amide bonds. The van der Waals surface area contributed by atoms with Crippen LogP contribution in [0.4, 0.5) is 0 Å². The van der Waals surface area contributed by atoms with Gasteiger partial charge in [0, 0.05) is 16.7 Å². The minimum absolute atomic E-state index is 0.672. The van der Waals surface area contributed by atoms with Crippen molar-refractivity contribution in [3.05, 3.63) is 34.1 Å². The highest BCUT2D eigenvalue weighted by Gasteiger charge is 1.97. The topological polar surface area (TPSA) is 50.2 Å². The summed E-state index contributed by atoms with van der Waals surface area (Å²) in [6, 6.07) is 1.88. The Morgan fingerprint density at radius 3 is 2.92 bits per heavy atom. The van der Waals surface area contributed by atoms with Crippen molar-refractivity contribution in [1.82, 2.24) is 4.98 Å². The van der Waals surface area contributed by atoms with Gasteiger partial charge in [-0.05, 0) is 40.6 Å². The Morgan fingerprint density at radius 1 is 1.69 bits per heavy atom. The molecular weight excluding hydrogens is 234 g/mol. The Morgan fingerprint density at radius 2 is 2.38 bits per heavy atom. The number of hydrogen-bond donors (Lipinski definition) is 1. The van der Waals surface area contributed by atoms with Crippen molar-refractivity contribution < 1.29 is 9.90 Å². The molecule has 4 heteroatoms. The van der Waals surface area contributed by atoms with Crippen molar-refractivity contribution in [3.8, 4) is 0 Å². The fourth-order valence-corrected chi connectivity index (χ4v) is 1.32. The number of hydrogen-bond acceptors (Lipinski definition) is 2. The number of pyridine rings is 1. The molecule has 0 atom stereocenters. The lowest BCUT2D eigenvalue weighted by Crippen LogP contribution is -1.89. The van der Waals surface area contributed by atoms with E-state index in [1.165, 1.54) is 6.08 Å². The zero-order valence-corrected chi connectivity index (χ0v) is 8.58. The van der Waals surface area contributed by atoms with Gasteiger partial charge in [-0.15, -0.1) is 0 Å². The van der Waals surface area contributed by atoms with Crippen LogP contribution in [0.25, 0.3) is 6.08 Å². The molecule has 0 spiro atoms. The maximum absolute atomic E-state index is 10.2. The third-order valence-electron chi connectivity index (χ3n) is 1.47. The van der Waals surface area contributed by atoms with E-state index in [9.17, 15) is 4.79 Å². The van der Waals surface area contributed by atoms with Crippen LogP contribution >= 0.6 is 15.9 Å². The molecular formula is C9H8BrNO2. The Labute approximate surface area is 84.2 Å². The third-order valence-corrected chi connectivity index (χ3v) is 1.90. The molecule has 1 heterocycles. The maximum Gasteiger partial charge on any atom is 0.328 e. The van der Waals surface area contributed by atoms with Gasteiger partial charge >= 0.3 is 5.97 Å². The van der Waals surface area contributed by atoms with Crippen LogP contribution in [0.1, 0.15) is 11.3 Å². The molecule has 68 valence electrons. The Kier molecular flexibility index (Phi) is 3.19. The monoisotopic (exact) mass is 241 g/mol. The third kappa shape index (κ3) is 2.99. The normalized spacial score (nSPS) is 10.6. The van der Waals surface area contributed by atoms with E-state index in [1.54, 1.807) is 6.20 Å². The fourth-order valence-electron chi connectivity index (χ4n) is 0.876. The van der Waals surface area contributed by atoms with Crippen LogP contribution in [0, 0.1) is 6.92 Å². The van der Waals surface area contributed by atoms with Gasteiger partial charge in [-0.3, -0.25) is 4.98 Å². The Bertz CT molecular complexity index is 361. The quantitative estimate of drug-likeness (QED) is 0.809. The molecule has 1 aromatic heterocycles. The summed E-state index contributed by atoms with van der Waals surface area (Å²) in [4.78, 5) is 14.3. The smallest absolute Gasteiger partial charge is 0.328 e. The SMILES string of the molecule is Cc1cc(Br)cnc1C=CC(=O)O. The van der Waals surface area contributed by atoms with E-state index in [4.69, 9.17) is 5.11 Å². The summed E-state index contributed by atoms with van der Waals surface area (Å²) in [7, 11) is 0. The lowest BCUT2D eigenvalue weighted by Gasteiger charge is -1.98. The summed E-state index contributed by atoms with van der Waals surface area (Å²) in [5.74, 6) is -0.968. The number of aryl methyl sites for hydroxylation is 1. The highest BCUT2D eigenvalue weighted by Crippen LogP contribution is 2.13. The summed E-state index contributed by atoms with van der Waals surface area (Å²) < 4.78 is 0.887. The second-order valence-corrected chi connectivity index (χ2v) is 3.44. The second-order valence-electron chi connectivity index (χ2n) is 2.53. The first-order valence-electron chi connectivity index (χ1n) is 3.63. The van der Waals surface area contributed by atoms with Crippen LogP contribution < -0.4 is 0 Å². The largest absolute Gasteiger partial charge is 0.478 e. The Hall–Kier alpha value is -1.16. The number of halogens is 1. The molecule has 1 N–H and O–H groups in total. The first-order valence-corrected chi connectivity index (χ1v) is 4.42. The predicted molar refractivity (Wildman–Crippen MR) is 53.3 cm³/mol. The molecule has 0 saturated carbocycles. The molecule has 0 aliphatic heterocycles. The van der Waals surface area contributed by atoms with Gasteiger partial charge in [-0.25, -0.2) is 4.79 Å². The van der Waals surface area contributed by atoms with Crippen LogP contribution in [0.15, 0.2) is 22.8 Å². The molecule has 0 saturated heterocycles. The van der Waals surface area contributed by atoms with E-state index in [-0.39, 0.29) is 0 Å². The van der Waals surface area contributed by atoms with E-state index < -0.39 is 5.97 Å². The molecule has 0 aliphatic rings. The standard InChI is InChI=1S/C9H8BrNO2/c1-6-4-7(10)5-11-8(6)2-3-9(12)13/h2-5H,1H3,(H,12,13). The number of carboxylic acids is 1. The van der Waals surface area contributed by atoms with Crippen molar-refractivity contribution >= 4 is 28.0 Å². The van der Waals surface area contributed by atoms with Crippen molar-refractivity contribution in [2.75, 3.05) is 0 Å². The number of aliphatic carboxylic acids is 1. The fraction of sp³-hybridized carbons (Fsp3) is 0.111. The van der Waals surface area contributed by atoms with E-state index >= 15 is 0 Å². The summed E-state index contributed by atoms with van der Waals surface area (Å²) in [5, 5.41) is 8.40. The van der Waals surface area contributed by atoms with Gasteiger partial charge in [0.15, 0.2) is 0 Å². The van der Waals surface area contributed by atoms with Crippen LogP contribution in [0.2, 0.25) is 0 Å². The minimum Gasteiger partial charge on any atom is -0.478 e. The summed E-state index contributed by atoms with van der Waals surface area (Å²) in [5.41, 5.74) is 1.61. The van der Waals surface area contributed by atoms with Gasteiger partial charge in [0.05, 0.1) is 5.69 Å². The van der Waals surface area contributed by atoms with Gasteiger partial charge in [0.25, 0.3) is 0 Å². The Balaban J connectivity index is 2.96. The average molecular weight is 242 g/mol. The molecule has 3 nitrogen and oxygen atoms in total. The molecule has 0 unspecified atom stereocenters. The van der Waals surface area contributed by atoms with Gasteiger partial charge in [0.2, 0.25) is 0 Å². The zero-order chi connectivity index (χ0) is 9.84. The average Bonchev–Trinajstić information content (AvgIpc) is 2.02. The summed E-state index contributed by atoms with van der Waals surface area (Å²) >= 11 is 3.27. The van der Waals surface area contributed by atoms with Crippen LogP contribution in [-0.4, -0.2) is 16.1 Å². The van der Waals surface area contributed by atoms with Gasteiger partial charge in [-0.2, -0.15) is 0 Å². The molecule has 0 bridgehead atoms. The van der Waals surface area contributed by atoms with E-state index in [0.29, 0.717) is 5.69 Å². The second kappa shape index (κ2) is 4.18. The van der Waals surface area contributed by atoms with Gasteiger partial charge in [-0.1, -0.05) is 0 Å². The maximum atomic E-state index is 10.2. The summed E-state index contributed by atoms with van der Waals surface area (Å²) in [6.45, 7) is 1.87. The molecule has 13 heavy (non-hydrogen) atoms. The number of nitrogens with zero attached hydrogens (tertiary/aromatic N) is 1. The minimum atomic E-state index is -0.968. The number of carboxylic acid groups (broad SMARTS) is 1. The highest BCUT2D eigenvalue weighted by atomic mass is 79.9. The van der Waals surface area contributed by atoms with Crippen LogP contribution in [-0.2, 0) is 4.79 Å². The molecule has 0 aliphatic carbocycles. The van der Waals surface area contributed by atoms with Gasteiger partial charge < -0.3 is 5.11 Å². The lowest BCUT2D eigenvalue weighted by atomic mass is 10.2. The lowest BCUT2D eigenvalue weighted by molar-refractivity contribution is -0.131. The zero-order valence-electron chi connectivity index (χ0n) is 6.99. The van der Waals surface area contributed by atoms with E-state index in [1.807, 2.05) is 13.0 Å². The van der Waals surface area contributed by atoms with Crippen molar-refractivity contribution in [2.24, 2.45) is 0 Å². The van der Waals surface area contributed by atoms with Gasteiger partial charge in [0.1, 0.15) is 0 Å². The van der Waals surface area contributed by atoms with Crippen molar-refractivity contribution in [3.63, 3.8) is 0 Å². The van der Waals surface area contributed by atoms with Crippen molar-refractivity contribution in [2.45, 2.75) is 6.92 Å². The molecule has 0 fully saturated rings. The first-order chi connectivity index (χ1) is 6.09. The molecule has 1 aromatic rings. The molecule has 1 rings (SSSR count). The van der Waals surface area contributed by atoms with Crippen molar-refractivity contribution in [1.29, 1.82) is 0 Å². The van der Waals surface area contributed by atoms with Crippen LogP contribution in [0.5, 0.6) is 0 Å². The molecule has 0 aromatic carbocycles. The number of rotatable bonds is 2. The molecule has 0 radical (unpaired) electrons. The highest BCUT2D eigenvalue weighted by molar-refractivity contribution is 9.10. The van der Waals surface area contributed by atoms with E-state index in [0.717, 1.165) is 16.1 Å². The predicted octanol–water partition coefficient (Wildman–Crippen LogP) is 2.25. The van der Waals surface area contributed by atoms with E-state index in [2.05, 4.69) is 20.9 Å². The first kappa shape index (κ1) is 9.92. The number of carbonyl (C=O) groups is 1. The summed E-state index contributed by atoms with van der Waals surface area (Å²) in [6.07, 6.45) is 4.18. The van der Waals surface area contributed by atoms with Crippen LogP contribution in [0.3, 0.4) is 0 Å².